The van der Waals surface area contributed by atoms with Crippen molar-refractivity contribution in [2.24, 2.45) is 0 Å². The number of benzene rings is 3. The molecule has 3 aromatic carbocycles. The Morgan fingerprint density at radius 2 is 1.78 bits per heavy atom. The van der Waals surface area contributed by atoms with Gasteiger partial charge < -0.3 is 14.8 Å². The Bertz CT molecular complexity index is 955. The highest BCUT2D eigenvalue weighted by Crippen LogP contribution is 2.34. The first-order valence-electron chi connectivity index (χ1n) is 9.01. The molecule has 0 aliphatic rings. The third kappa shape index (κ3) is 4.71. The van der Waals surface area contributed by atoms with Gasteiger partial charge in [0.1, 0.15) is 0 Å². The van der Waals surface area contributed by atoms with Gasteiger partial charge >= 0.3 is 0 Å². The molecule has 0 bridgehead atoms. The van der Waals surface area contributed by atoms with Crippen LogP contribution in [0.4, 0.5) is 5.69 Å². The number of amides is 1. The van der Waals surface area contributed by atoms with E-state index in [1.165, 1.54) is 0 Å². The van der Waals surface area contributed by atoms with Gasteiger partial charge in [-0.1, -0.05) is 37.3 Å². The topological polar surface area (TPSA) is 47.6 Å². The smallest absolute Gasteiger partial charge is 0.255 e. The molecule has 3 aromatic rings. The fraction of sp³-hybridized carbons (Fsp3) is 0.227. The van der Waals surface area contributed by atoms with Crippen LogP contribution in [0.5, 0.6) is 11.5 Å². The summed E-state index contributed by atoms with van der Waals surface area (Å²) in [5.74, 6) is 1.12. The van der Waals surface area contributed by atoms with E-state index < -0.39 is 0 Å². The molecule has 0 fully saturated rings. The number of carbonyl (C=O) groups excluding carboxylic acids is 1. The lowest BCUT2D eigenvalue weighted by molar-refractivity contribution is 0.102. The molecule has 0 atom stereocenters. The van der Waals surface area contributed by atoms with E-state index in [9.17, 15) is 4.79 Å². The van der Waals surface area contributed by atoms with E-state index in [0.717, 1.165) is 26.5 Å². The number of nitrogens with one attached hydrogen (secondary N) is 1. The fourth-order valence-corrected chi connectivity index (χ4v) is 3.53. The lowest BCUT2D eigenvalue weighted by Gasteiger charge is -2.15. The second-order valence-electron chi connectivity index (χ2n) is 6.08. The van der Waals surface area contributed by atoms with Gasteiger partial charge in [0.25, 0.3) is 5.91 Å². The molecule has 5 heteroatoms. The molecule has 0 unspecified atom stereocenters. The fourth-order valence-electron chi connectivity index (χ4n) is 2.78. The van der Waals surface area contributed by atoms with E-state index in [0.29, 0.717) is 30.3 Å². The summed E-state index contributed by atoms with van der Waals surface area (Å²) >= 11 is 2.18. The Morgan fingerprint density at radius 1 is 1.00 bits per heavy atom. The number of ether oxygens (including phenoxy) is 2. The van der Waals surface area contributed by atoms with Gasteiger partial charge in [-0.3, -0.25) is 4.79 Å². The molecule has 4 nitrogen and oxygen atoms in total. The molecular weight excluding hydrogens is 453 g/mol. The van der Waals surface area contributed by atoms with Crippen LogP contribution in [-0.4, -0.2) is 19.1 Å². The minimum Gasteiger partial charge on any atom is -0.490 e. The third-order valence-electron chi connectivity index (χ3n) is 4.03. The first kappa shape index (κ1) is 19.5. The lowest BCUT2D eigenvalue weighted by Crippen LogP contribution is -2.13. The predicted molar refractivity (Wildman–Crippen MR) is 118 cm³/mol. The molecule has 0 saturated carbocycles. The van der Waals surface area contributed by atoms with Gasteiger partial charge in [0, 0.05) is 11.3 Å². The molecule has 0 aromatic heterocycles. The Morgan fingerprint density at radius 3 is 2.52 bits per heavy atom. The largest absolute Gasteiger partial charge is 0.490 e. The standard InChI is InChI=1S/C22H22INO3/c1-3-11-27-21-19(23)13-17(14-20(21)26-4-2)22(25)24-18-10-9-15-7-5-6-8-16(15)12-18/h5-10,12-14H,3-4,11H2,1-2H3,(H,24,25). The molecule has 140 valence electrons. The zero-order valence-corrected chi connectivity index (χ0v) is 17.6. The number of anilines is 1. The van der Waals surface area contributed by atoms with Crippen molar-refractivity contribution in [2.75, 3.05) is 18.5 Å². The molecule has 0 aliphatic carbocycles. The number of hydrogen-bond acceptors (Lipinski definition) is 3. The molecule has 1 amide bonds. The van der Waals surface area contributed by atoms with Gasteiger partial charge in [0.05, 0.1) is 16.8 Å². The number of carbonyl (C=O) groups is 1. The average Bonchev–Trinajstić information content (AvgIpc) is 2.67. The summed E-state index contributed by atoms with van der Waals surface area (Å²) in [6.45, 7) is 5.09. The summed E-state index contributed by atoms with van der Waals surface area (Å²) in [6, 6.07) is 17.5. The highest BCUT2D eigenvalue weighted by atomic mass is 127. The highest BCUT2D eigenvalue weighted by molar-refractivity contribution is 14.1. The first-order chi connectivity index (χ1) is 13.1. The maximum atomic E-state index is 12.8. The number of halogens is 1. The van der Waals surface area contributed by atoms with Gasteiger partial charge in [0.15, 0.2) is 11.5 Å². The van der Waals surface area contributed by atoms with Crippen LogP contribution in [0.2, 0.25) is 0 Å². The van der Waals surface area contributed by atoms with E-state index >= 15 is 0 Å². The summed E-state index contributed by atoms with van der Waals surface area (Å²) < 4.78 is 12.4. The normalized spacial score (nSPS) is 10.6. The quantitative estimate of drug-likeness (QED) is 0.434. The van der Waals surface area contributed by atoms with Crippen molar-refractivity contribution < 1.29 is 14.3 Å². The van der Waals surface area contributed by atoms with E-state index in [2.05, 4.69) is 34.8 Å². The Labute approximate surface area is 173 Å². The van der Waals surface area contributed by atoms with Crippen LogP contribution in [0.25, 0.3) is 10.8 Å². The van der Waals surface area contributed by atoms with Crippen molar-refractivity contribution in [1.82, 2.24) is 0 Å². The minimum atomic E-state index is -0.175. The van der Waals surface area contributed by atoms with Crippen molar-refractivity contribution in [3.05, 3.63) is 63.7 Å². The molecule has 27 heavy (non-hydrogen) atoms. The van der Waals surface area contributed by atoms with Gasteiger partial charge in [0.2, 0.25) is 0 Å². The van der Waals surface area contributed by atoms with E-state index in [1.807, 2.05) is 55.5 Å². The van der Waals surface area contributed by atoms with E-state index in [4.69, 9.17) is 9.47 Å². The second-order valence-corrected chi connectivity index (χ2v) is 7.25. The summed E-state index contributed by atoms with van der Waals surface area (Å²) in [4.78, 5) is 12.8. The highest BCUT2D eigenvalue weighted by Gasteiger charge is 2.16. The Balaban J connectivity index is 1.86. The van der Waals surface area contributed by atoms with Crippen LogP contribution in [-0.2, 0) is 0 Å². The van der Waals surface area contributed by atoms with E-state index in [-0.39, 0.29) is 5.91 Å². The van der Waals surface area contributed by atoms with Crippen molar-refractivity contribution in [3.8, 4) is 11.5 Å². The second kappa shape index (κ2) is 9.08. The Hall–Kier alpha value is -2.28. The van der Waals surface area contributed by atoms with Crippen LogP contribution in [0, 0.1) is 3.57 Å². The van der Waals surface area contributed by atoms with Crippen molar-refractivity contribution in [3.63, 3.8) is 0 Å². The summed E-state index contributed by atoms with van der Waals surface area (Å²) in [6.07, 6.45) is 0.909. The molecule has 1 N–H and O–H groups in total. The SMILES string of the molecule is CCCOc1c(I)cc(C(=O)Nc2ccc3ccccc3c2)cc1OCC. The summed E-state index contributed by atoms with van der Waals surface area (Å²) in [5, 5.41) is 5.20. The van der Waals surface area contributed by atoms with Crippen LogP contribution < -0.4 is 14.8 Å². The van der Waals surface area contributed by atoms with Crippen LogP contribution in [0.15, 0.2) is 54.6 Å². The maximum absolute atomic E-state index is 12.8. The summed E-state index contributed by atoms with van der Waals surface area (Å²) in [5.41, 5.74) is 1.30. The number of fused-ring (bicyclic) bond motifs is 1. The summed E-state index contributed by atoms with van der Waals surface area (Å²) in [7, 11) is 0. The molecule has 0 aliphatic heterocycles. The van der Waals surface area contributed by atoms with Crippen LogP contribution in [0.3, 0.4) is 0 Å². The molecule has 3 rings (SSSR count). The third-order valence-corrected chi connectivity index (χ3v) is 4.83. The molecular formula is C22H22INO3. The zero-order chi connectivity index (χ0) is 19.2. The Kier molecular flexibility index (Phi) is 6.55. The predicted octanol–water partition coefficient (Wildman–Crippen LogP) is 5.88. The molecule has 0 heterocycles. The van der Waals surface area contributed by atoms with Crippen molar-refractivity contribution >= 4 is 45.0 Å². The van der Waals surface area contributed by atoms with Crippen LogP contribution >= 0.6 is 22.6 Å². The average molecular weight is 475 g/mol. The molecule has 0 spiro atoms. The van der Waals surface area contributed by atoms with Crippen LogP contribution in [0.1, 0.15) is 30.6 Å². The number of rotatable bonds is 7. The number of hydrogen-bond donors (Lipinski definition) is 1. The monoisotopic (exact) mass is 475 g/mol. The first-order valence-corrected chi connectivity index (χ1v) is 10.1. The lowest BCUT2D eigenvalue weighted by atomic mass is 10.1. The molecule has 0 saturated heterocycles. The van der Waals surface area contributed by atoms with Gasteiger partial charge in [-0.2, -0.15) is 0 Å². The van der Waals surface area contributed by atoms with E-state index in [1.54, 1.807) is 6.07 Å². The van der Waals surface area contributed by atoms with Crippen molar-refractivity contribution in [2.45, 2.75) is 20.3 Å². The van der Waals surface area contributed by atoms with Gasteiger partial charge in [-0.15, -0.1) is 0 Å². The van der Waals surface area contributed by atoms with Gasteiger partial charge in [-0.05, 0) is 71.0 Å². The molecule has 0 radical (unpaired) electrons. The minimum absolute atomic E-state index is 0.175. The zero-order valence-electron chi connectivity index (χ0n) is 15.4. The van der Waals surface area contributed by atoms with Gasteiger partial charge in [-0.25, -0.2) is 0 Å². The maximum Gasteiger partial charge on any atom is 0.255 e. The van der Waals surface area contributed by atoms with Crippen molar-refractivity contribution in [1.29, 1.82) is 0 Å².